The SMILES string of the molecule is CC(=O)Nc1ccc(F)c(C(=O)N(C)C2(C(=O)O)CCCCC2)c1. The monoisotopic (exact) mass is 336 g/mol. The molecule has 24 heavy (non-hydrogen) atoms. The highest BCUT2D eigenvalue weighted by molar-refractivity contribution is 5.99. The van der Waals surface area contributed by atoms with Gasteiger partial charge in [0.05, 0.1) is 5.56 Å². The first-order valence-electron chi connectivity index (χ1n) is 7.86. The zero-order valence-corrected chi connectivity index (χ0v) is 13.8. The molecule has 1 aromatic rings. The number of anilines is 1. The molecule has 0 aliphatic heterocycles. The lowest BCUT2D eigenvalue weighted by Crippen LogP contribution is -2.56. The maximum Gasteiger partial charge on any atom is 0.329 e. The second-order valence-electron chi connectivity index (χ2n) is 6.14. The summed E-state index contributed by atoms with van der Waals surface area (Å²) in [7, 11) is 1.40. The van der Waals surface area contributed by atoms with Crippen molar-refractivity contribution in [3.8, 4) is 0 Å². The number of hydrogen-bond acceptors (Lipinski definition) is 3. The second-order valence-corrected chi connectivity index (χ2v) is 6.14. The number of amides is 2. The number of benzene rings is 1. The molecule has 2 N–H and O–H groups in total. The topological polar surface area (TPSA) is 86.7 Å². The van der Waals surface area contributed by atoms with E-state index < -0.39 is 23.2 Å². The van der Waals surface area contributed by atoms with Gasteiger partial charge in [-0.25, -0.2) is 9.18 Å². The minimum absolute atomic E-state index is 0.255. The van der Waals surface area contributed by atoms with Crippen LogP contribution in [-0.2, 0) is 9.59 Å². The lowest BCUT2D eigenvalue weighted by atomic mass is 9.80. The molecule has 0 spiro atoms. The van der Waals surface area contributed by atoms with Crippen LogP contribution in [0.5, 0.6) is 0 Å². The van der Waals surface area contributed by atoms with Crippen LogP contribution in [0.3, 0.4) is 0 Å². The van der Waals surface area contributed by atoms with Gasteiger partial charge in [-0.1, -0.05) is 19.3 Å². The molecular weight excluding hydrogens is 315 g/mol. The van der Waals surface area contributed by atoms with Gasteiger partial charge in [0.15, 0.2) is 0 Å². The number of nitrogens with zero attached hydrogens (tertiary/aromatic N) is 1. The van der Waals surface area contributed by atoms with E-state index in [0.29, 0.717) is 25.7 Å². The van der Waals surface area contributed by atoms with Crippen molar-refractivity contribution >= 4 is 23.5 Å². The van der Waals surface area contributed by atoms with Gasteiger partial charge in [-0.15, -0.1) is 0 Å². The average molecular weight is 336 g/mol. The number of likely N-dealkylation sites (N-methyl/N-ethyl adjacent to an activating group) is 1. The van der Waals surface area contributed by atoms with Crippen LogP contribution in [0.1, 0.15) is 49.4 Å². The molecule has 0 radical (unpaired) electrons. The number of carboxylic acids is 1. The van der Waals surface area contributed by atoms with Crippen LogP contribution >= 0.6 is 0 Å². The van der Waals surface area contributed by atoms with E-state index in [0.717, 1.165) is 17.4 Å². The molecule has 1 aliphatic rings. The highest BCUT2D eigenvalue weighted by Gasteiger charge is 2.46. The summed E-state index contributed by atoms with van der Waals surface area (Å²) in [5, 5.41) is 12.1. The summed E-state index contributed by atoms with van der Waals surface area (Å²) in [5.41, 5.74) is -1.28. The van der Waals surface area contributed by atoms with Crippen LogP contribution in [0, 0.1) is 5.82 Å². The molecule has 1 saturated carbocycles. The molecule has 1 fully saturated rings. The summed E-state index contributed by atoms with van der Waals surface area (Å²) in [6, 6.07) is 3.66. The van der Waals surface area contributed by atoms with Crippen LogP contribution < -0.4 is 5.32 Å². The van der Waals surface area contributed by atoms with Gasteiger partial charge in [-0.2, -0.15) is 0 Å². The third-order valence-electron chi connectivity index (χ3n) is 4.54. The summed E-state index contributed by atoms with van der Waals surface area (Å²) in [4.78, 5) is 36.8. The summed E-state index contributed by atoms with van der Waals surface area (Å²) < 4.78 is 14.1. The van der Waals surface area contributed by atoms with Crippen molar-refractivity contribution in [3.63, 3.8) is 0 Å². The van der Waals surface area contributed by atoms with Gasteiger partial charge in [-0.3, -0.25) is 9.59 Å². The lowest BCUT2D eigenvalue weighted by molar-refractivity contribution is -0.151. The van der Waals surface area contributed by atoms with Crippen molar-refractivity contribution in [2.24, 2.45) is 0 Å². The summed E-state index contributed by atoms with van der Waals surface area (Å²) >= 11 is 0. The summed E-state index contributed by atoms with van der Waals surface area (Å²) in [6.07, 6.45) is 3.02. The zero-order valence-electron chi connectivity index (χ0n) is 13.8. The molecule has 1 aliphatic carbocycles. The van der Waals surface area contributed by atoms with Crippen LogP contribution in [0.25, 0.3) is 0 Å². The minimum atomic E-state index is -1.31. The molecule has 0 atom stereocenters. The molecule has 6 nitrogen and oxygen atoms in total. The first kappa shape index (κ1) is 17.9. The van der Waals surface area contributed by atoms with Gasteiger partial charge < -0.3 is 15.3 Å². The third kappa shape index (κ3) is 3.39. The molecule has 1 aromatic carbocycles. The fourth-order valence-corrected chi connectivity index (χ4v) is 3.17. The molecular formula is C17H21FN2O4. The van der Waals surface area contributed by atoms with Crippen LogP contribution in [0.4, 0.5) is 10.1 Å². The van der Waals surface area contributed by atoms with E-state index in [2.05, 4.69) is 5.32 Å². The number of rotatable bonds is 4. The molecule has 0 bridgehead atoms. The van der Waals surface area contributed by atoms with Crippen molar-refractivity contribution in [1.82, 2.24) is 4.90 Å². The van der Waals surface area contributed by atoms with E-state index in [1.807, 2.05) is 0 Å². The quantitative estimate of drug-likeness (QED) is 0.885. The Morgan fingerprint density at radius 1 is 1.21 bits per heavy atom. The normalized spacial score (nSPS) is 16.3. The van der Waals surface area contributed by atoms with E-state index >= 15 is 0 Å². The Balaban J connectivity index is 2.35. The van der Waals surface area contributed by atoms with E-state index in [1.165, 1.54) is 26.1 Å². The Labute approximate surface area is 139 Å². The second kappa shape index (κ2) is 6.98. The van der Waals surface area contributed by atoms with Gasteiger partial charge >= 0.3 is 5.97 Å². The fourth-order valence-electron chi connectivity index (χ4n) is 3.17. The van der Waals surface area contributed by atoms with Gasteiger partial charge in [0.25, 0.3) is 5.91 Å². The Morgan fingerprint density at radius 2 is 1.83 bits per heavy atom. The number of nitrogens with one attached hydrogen (secondary N) is 1. The number of halogens is 1. The maximum atomic E-state index is 14.1. The standard InChI is InChI=1S/C17H21FN2O4/c1-11(21)19-12-6-7-14(18)13(10-12)15(22)20(2)17(16(23)24)8-4-3-5-9-17/h6-7,10H,3-5,8-9H2,1-2H3,(H,19,21)(H,23,24). The third-order valence-corrected chi connectivity index (χ3v) is 4.54. The molecule has 0 heterocycles. The Bertz CT molecular complexity index is 669. The van der Waals surface area contributed by atoms with Crippen LogP contribution in [0.2, 0.25) is 0 Å². The van der Waals surface area contributed by atoms with Gasteiger partial charge in [0.2, 0.25) is 5.91 Å². The zero-order chi connectivity index (χ0) is 17.9. The Kier molecular flexibility index (Phi) is 5.21. The van der Waals surface area contributed by atoms with Crippen LogP contribution in [0.15, 0.2) is 18.2 Å². The van der Waals surface area contributed by atoms with Crippen molar-refractivity contribution in [3.05, 3.63) is 29.6 Å². The number of carbonyl (C=O) groups is 3. The summed E-state index contributed by atoms with van der Waals surface area (Å²) in [6.45, 7) is 1.30. The number of aliphatic carboxylic acids is 1. The van der Waals surface area contributed by atoms with Gasteiger partial charge in [0, 0.05) is 19.7 Å². The fraction of sp³-hybridized carbons (Fsp3) is 0.471. The first-order valence-corrected chi connectivity index (χ1v) is 7.86. The predicted octanol–water partition coefficient (Wildman–Crippen LogP) is 2.64. The maximum absolute atomic E-state index is 14.1. The molecule has 7 heteroatoms. The highest BCUT2D eigenvalue weighted by atomic mass is 19.1. The van der Waals surface area contributed by atoms with E-state index in [1.54, 1.807) is 0 Å². The Hall–Kier alpha value is -2.44. The smallest absolute Gasteiger partial charge is 0.329 e. The average Bonchev–Trinajstić information content (AvgIpc) is 2.55. The summed E-state index contributed by atoms with van der Waals surface area (Å²) in [5.74, 6) is -2.87. The largest absolute Gasteiger partial charge is 0.479 e. The molecule has 2 rings (SSSR count). The number of carbonyl (C=O) groups excluding carboxylic acids is 2. The molecule has 0 unspecified atom stereocenters. The van der Waals surface area contributed by atoms with Crippen molar-refractivity contribution < 1.29 is 23.9 Å². The van der Waals surface area contributed by atoms with E-state index in [4.69, 9.17) is 0 Å². The minimum Gasteiger partial charge on any atom is -0.479 e. The van der Waals surface area contributed by atoms with E-state index in [-0.39, 0.29) is 17.2 Å². The highest BCUT2D eigenvalue weighted by Crippen LogP contribution is 2.34. The molecule has 0 aromatic heterocycles. The molecule has 0 saturated heterocycles. The lowest BCUT2D eigenvalue weighted by Gasteiger charge is -2.41. The van der Waals surface area contributed by atoms with E-state index in [9.17, 15) is 23.9 Å². The molecule has 2 amide bonds. The molecule has 130 valence electrons. The number of hydrogen-bond donors (Lipinski definition) is 2. The van der Waals surface area contributed by atoms with Crippen molar-refractivity contribution in [1.29, 1.82) is 0 Å². The van der Waals surface area contributed by atoms with Crippen LogP contribution in [-0.4, -0.2) is 40.4 Å². The van der Waals surface area contributed by atoms with Gasteiger partial charge in [-0.05, 0) is 31.0 Å². The predicted molar refractivity (Wildman–Crippen MR) is 86.2 cm³/mol. The van der Waals surface area contributed by atoms with Crippen molar-refractivity contribution in [2.45, 2.75) is 44.6 Å². The first-order chi connectivity index (χ1) is 11.3. The Morgan fingerprint density at radius 3 is 2.38 bits per heavy atom. The van der Waals surface area contributed by atoms with Crippen molar-refractivity contribution in [2.75, 3.05) is 12.4 Å². The number of carboxylic acid groups (broad SMARTS) is 1. The van der Waals surface area contributed by atoms with Gasteiger partial charge in [0.1, 0.15) is 11.4 Å².